The summed E-state index contributed by atoms with van der Waals surface area (Å²) >= 11 is 0. The topological polar surface area (TPSA) is 89.4 Å². The van der Waals surface area contributed by atoms with Crippen LogP contribution in [-0.4, -0.2) is 56.9 Å². The number of nitrogens with one attached hydrogen (secondary N) is 1. The first-order valence-corrected chi connectivity index (χ1v) is 11.6. The van der Waals surface area contributed by atoms with Crippen LogP contribution in [0.4, 0.5) is 4.79 Å². The van der Waals surface area contributed by atoms with Crippen LogP contribution in [0.15, 0.2) is 61.1 Å². The summed E-state index contributed by atoms with van der Waals surface area (Å²) in [6, 6.07) is 13.4. The van der Waals surface area contributed by atoms with Gasteiger partial charge in [-0.2, -0.15) is 5.10 Å². The summed E-state index contributed by atoms with van der Waals surface area (Å²) in [5.74, 6) is -0.0355. The van der Waals surface area contributed by atoms with E-state index in [-0.39, 0.29) is 17.9 Å². The normalized spacial score (nSPS) is 16.2. The molecule has 1 atom stereocenters. The molecular formula is C26H31N5O3. The fraction of sp³-hybridized carbons (Fsp3) is 0.385. The molecule has 3 heterocycles. The van der Waals surface area contributed by atoms with Gasteiger partial charge < -0.3 is 15.0 Å². The van der Waals surface area contributed by atoms with Gasteiger partial charge in [-0.1, -0.05) is 18.2 Å². The highest BCUT2D eigenvalue weighted by atomic mass is 16.6. The Kier molecular flexibility index (Phi) is 6.95. The van der Waals surface area contributed by atoms with E-state index >= 15 is 0 Å². The van der Waals surface area contributed by atoms with Crippen molar-refractivity contribution in [2.24, 2.45) is 5.92 Å². The molecule has 2 aromatic heterocycles. The average molecular weight is 462 g/mol. The second-order valence-electron chi connectivity index (χ2n) is 9.56. The van der Waals surface area contributed by atoms with E-state index in [9.17, 15) is 9.59 Å². The van der Waals surface area contributed by atoms with Crippen LogP contribution in [0.25, 0.3) is 16.9 Å². The number of carbonyl (C=O) groups excluding carboxylic acids is 2. The largest absolute Gasteiger partial charge is 0.444 e. The summed E-state index contributed by atoms with van der Waals surface area (Å²) in [5.41, 5.74) is 2.17. The summed E-state index contributed by atoms with van der Waals surface area (Å²) in [4.78, 5) is 31.6. The molecule has 1 fully saturated rings. The maximum Gasteiger partial charge on any atom is 0.410 e. The Labute approximate surface area is 199 Å². The van der Waals surface area contributed by atoms with Crippen molar-refractivity contribution in [2.45, 2.75) is 39.2 Å². The second kappa shape index (κ2) is 10.1. The van der Waals surface area contributed by atoms with Crippen LogP contribution < -0.4 is 5.32 Å². The lowest BCUT2D eigenvalue weighted by Crippen LogP contribution is -2.45. The summed E-state index contributed by atoms with van der Waals surface area (Å²) in [6.07, 6.45) is 6.67. The summed E-state index contributed by atoms with van der Waals surface area (Å²) in [6.45, 7) is 7.30. The van der Waals surface area contributed by atoms with Crippen molar-refractivity contribution < 1.29 is 14.3 Å². The number of para-hydroxylation sites is 1. The van der Waals surface area contributed by atoms with Crippen molar-refractivity contribution in [3.8, 4) is 16.9 Å². The van der Waals surface area contributed by atoms with Gasteiger partial charge in [0, 0.05) is 43.8 Å². The van der Waals surface area contributed by atoms with Gasteiger partial charge in [0.25, 0.3) is 5.91 Å². The number of benzene rings is 1. The van der Waals surface area contributed by atoms with Gasteiger partial charge >= 0.3 is 6.09 Å². The van der Waals surface area contributed by atoms with Crippen LogP contribution in [0.2, 0.25) is 0 Å². The molecule has 1 aromatic carbocycles. The molecule has 1 aliphatic heterocycles. The number of likely N-dealkylation sites (tertiary alicyclic amines) is 1. The number of ether oxygens (including phenoxy) is 1. The van der Waals surface area contributed by atoms with Crippen LogP contribution >= 0.6 is 0 Å². The van der Waals surface area contributed by atoms with E-state index in [4.69, 9.17) is 4.74 Å². The van der Waals surface area contributed by atoms with Gasteiger partial charge in [0.15, 0.2) is 0 Å². The number of pyridine rings is 1. The third kappa shape index (κ3) is 5.81. The molecule has 4 rings (SSSR count). The molecule has 178 valence electrons. The zero-order chi connectivity index (χ0) is 24.1. The molecule has 34 heavy (non-hydrogen) atoms. The molecule has 1 aliphatic rings. The Bertz CT molecular complexity index is 1120. The van der Waals surface area contributed by atoms with Gasteiger partial charge in [-0.25, -0.2) is 9.48 Å². The Morgan fingerprint density at radius 2 is 1.94 bits per heavy atom. The Hall–Kier alpha value is -3.68. The highest BCUT2D eigenvalue weighted by Crippen LogP contribution is 2.24. The van der Waals surface area contributed by atoms with Gasteiger partial charge in [-0.3, -0.25) is 9.78 Å². The van der Waals surface area contributed by atoms with Crippen molar-refractivity contribution in [1.29, 1.82) is 0 Å². The molecule has 2 amide bonds. The molecule has 1 N–H and O–H groups in total. The van der Waals surface area contributed by atoms with Gasteiger partial charge in [0.05, 0.1) is 11.3 Å². The van der Waals surface area contributed by atoms with E-state index < -0.39 is 5.60 Å². The van der Waals surface area contributed by atoms with E-state index in [2.05, 4.69) is 15.4 Å². The van der Waals surface area contributed by atoms with Crippen LogP contribution in [0.1, 0.15) is 44.0 Å². The third-order valence-electron chi connectivity index (χ3n) is 5.64. The van der Waals surface area contributed by atoms with Crippen molar-refractivity contribution in [2.75, 3.05) is 19.6 Å². The average Bonchev–Trinajstić information content (AvgIpc) is 3.29. The lowest BCUT2D eigenvalue weighted by molar-refractivity contribution is 0.0167. The fourth-order valence-corrected chi connectivity index (χ4v) is 4.03. The summed E-state index contributed by atoms with van der Waals surface area (Å²) in [5, 5.41) is 7.74. The van der Waals surface area contributed by atoms with Gasteiger partial charge in [0.2, 0.25) is 0 Å². The quantitative estimate of drug-likeness (QED) is 0.612. The predicted molar refractivity (Wildman–Crippen MR) is 130 cm³/mol. The lowest BCUT2D eigenvalue weighted by Gasteiger charge is -2.34. The first-order chi connectivity index (χ1) is 16.3. The van der Waals surface area contributed by atoms with Gasteiger partial charge in [-0.15, -0.1) is 0 Å². The van der Waals surface area contributed by atoms with Crippen molar-refractivity contribution in [1.82, 2.24) is 25.0 Å². The van der Waals surface area contributed by atoms with Crippen molar-refractivity contribution in [3.05, 3.63) is 66.6 Å². The molecule has 0 saturated carbocycles. The van der Waals surface area contributed by atoms with Crippen LogP contribution in [0, 0.1) is 5.92 Å². The summed E-state index contributed by atoms with van der Waals surface area (Å²) < 4.78 is 7.22. The SMILES string of the molecule is CC(C)(C)OC(=O)N1CCCC(CNC(=O)c2cn(-c3ccccc3)nc2-c2cccnc2)C1. The molecule has 0 radical (unpaired) electrons. The lowest BCUT2D eigenvalue weighted by atomic mass is 9.98. The zero-order valence-electron chi connectivity index (χ0n) is 19.9. The molecule has 8 nitrogen and oxygen atoms in total. The number of hydrogen-bond donors (Lipinski definition) is 1. The number of hydrogen-bond acceptors (Lipinski definition) is 5. The maximum absolute atomic E-state index is 13.2. The molecule has 0 spiro atoms. The molecule has 3 aromatic rings. The highest BCUT2D eigenvalue weighted by Gasteiger charge is 2.28. The standard InChI is InChI=1S/C26H31N5O3/c1-26(2,3)34-25(33)30-14-8-9-19(17-30)15-28-24(32)22-18-31(21-11-5-4-6-12-21)29-23(22)20-10-7-13-27-16-20/h4-7,10-13,16,18-19H,8-9,14-15,17H2,1-3H3,(H,28,32). The summed E-state index contributed by atoms with van der Waals surface area (Å²) in [7, 11) is 0. The molecule has 1 unspecified atom stereocenters. The molecule has 8 heteroatoms. The van der Waals surface area contributed by atoms with E-state index in [1.165, 1.54) is 0 Å². The third-order valence-corrected chi connectivity index (χ3v) is 5.64. The minimum absolute atomic E-state index is 0.163. The monoisotopic (exact) mass is 461 g/mol. The van der Waals surface area contributed by atoms with Crippen molar-refractivity contribution >= 4 is 12.0 Å². The Morgan fingerprint density at radius 3 is 2.65 bits per heavy atom. The number of carbonyl (C=O) groups is 2. The van der Waals surface area contributed by atoms with E-state index in [0.29, 0.717) is 30.9 Å². The van der Waals surface area contributed by atoms with E-state index in [1.807, 2.05) is 63.2 Å². The number of piperidine rings is 1. The molecular weight excluding hydrogens is 430 g/mol. The fourth-order valence-electron chi connectivity index (χ4n) is 4.03. The smallest absolute Gasteiger partial charge is 0.410 e. The first-order valence-electron chi connectivity index (χ1n) is 11.6. The minimum Gasteiger partial charge on any atom is -0.444 e. The van der Waals surface area contributed by atoms with Crippen LogP contribution in [-0.2, 0) is 4.74 Å². The second-order valence-corrected chi connectivity index (χ2v) is 9.56. The van der Waals surface area contributed by atoms with Gasteiger partial charge in [0.1, 0.15) is 11.3 Å². The number of rotatable bonds is 5. The van der Waals surface area contributed by atoms with E-state index in [0.717, 1.165) is 24.1 Å². The Morgan fingerprint density at radius 1 is 1.15 bits per heavy atom. The predicted octanol–water partition coefficient (Wildman–Crippen LogP) is 4.31. The number of aromatic nitrogens is 3. The zero-order valence-corrected chi connectivity index (χ0v) is 19.9. The molecule has 1 saturated heterocycles. The number of nitrogens with zero attached hydrogens (tertiary/aromatic N) is 4. The van der Waals surface area contributed by atoms with Crippen molar-refractivity contribution in [3.63, 3.8) is 0 Å². The molecule has 0 bridgehead atoms. The Balaban J connectivity index is 1.47. The first kappa shape index (κ1) is 23.5. The molecule has 0 aliphatic carbocycles. The van der Waals surface area contributed by atoms with Crippen LogP contribution in [0.5, 0.6) is 0 Å². The van der Waals surface area contributed by atoms with E-state index in [1.54, 1.807) is 28.2 Å². The van der Waals surface area contributed by atoms with Gasteiger partial charge in [-0.05, 0) is 63.8 Å². The minimum atomic E-state index is -0.528. The van der Waals surface area contributed by atoms with Crippen LogP contribution in [0.3, 0.4) is 0 Å². The number of amides is 2. The maximum atomic E-state index is 13.2. The highest BCUT2D eigenvalue weighted by molar-refractivity contribution is 5.99.